The number of alkyl halides is 2. The van der Waals surface area contributed by atoms with Gasteiger partial charge in [-0.1, -0.05) is 36.0 Å². The second-order valence-corrected chi connectivity index (χ2v) is 3.13. The van der Waals surface area contributed by atoms with E-state index in [1.807, 2.05) is 6.92 Å². The van der Waals surface area contributed by atoms with Crippen molar-refractivity contribution < 1.29 is 9.53 Å². The maximum Gasteiger partial charge on any atom is 0.340 e. The summed E-state index contributed by atoms with van der Waals surface area (Å²) in [6.07, 6.45) is 0.232. The Bertz CT molecular complexity index is 203. The third-order valence-corrected chi connectivity index (χ3v) is 1.47. The Balaban J connectivity index is 4.00. The van der Waals surface area contributed by atoms with Gasteiger partial charge in [-0.3, -0.25) is 0 Å². The Morgan fingerprint density at radius 2 is 2.17 bits per heavy atom. The summed E-state index contributed by atoms with van der Waals surface area (Å²) < 4.78 is 4.83. The number of carbonyl (C=O) groups is 1. The molecule has 0 aromatic rings. The molecule has 0 aliphatic rings. The van der Waals surface area contributed by atoms with Gasteiger partial charge in [0, 0.05) is 0 Å². The molecule has 0 fully saturated rings. The standard InChI is InChI=1S/C8H10Cl2O2/c1-3-5-6(4-2)12-8(11)7(9)10/h6-7H,4H2,1-2H3. The van der Waals surface area contributed by atoms with Crippen LogP contribution < -0.4 is 0 Å². The van der Waals surface area contributed by atoms with Crippen LogP contribution in [0.4, 0.5) is 0 Å². The fourth-order valence-electron chi connectivity index (χ4n) is 0.567. The molecule has 0 bridgehead atoms. The van der Waals surface area contributed by atoms with Crippen LogP contribution in [0.3, 0.4) is 0 Å². The van der Waals surface area contributed by atoms with Gasteiger partial charge >= 0.3 is 5.97 Å². The second-order valence-electron chi connectivity index (χ2n) is 2.03. The highest BCUT2D eigenvalue weighted by molar-refractivity contribution is 6.52. The Kier molecular flexibility index (Phi) is 5.96. The van der Waals surface area contributed by atoms with E-state index in [-0.39, 0.29) is 0 Å². The number of carbonyl (C=O) groups excluding carboxylic acids is 1. The molecule has 1 unspecified atom stereocenters. The number of ether oxygens (including phenoxy) is 1. The van der Waals surface area contributed by atoms with E-state index < -0.39 is 16.9 Å². The molecule has 68 valence electrons. The first-order valence-electron chi connectivity index (χ1n) is 3.52. The van der Waals surface area contributed by atoms with Crippen molar-refractivity contribution in [3.8, 4) is 11.8 Å². The van der Waals surface area contributed by atoms with Crippen LogP contribution in [0.15, 0.2) is 0 Å². The van der Waals surface area contributed by atoms with Crippen LogP contribution in [0.2, 0.25) is 0 Å². The summed E-state index contributed by atoms with van der Waals surface area (Å²) in [4.78, 5) is 9.71. The van der Waals surface area contributed by atoms with Crippen LogP contribution in [-0.4, -0.2) is 16.9 Å². The minimum Gasteiger partial charge on any atom is -0.447 e. The highest BCUT2D eigenvalue weighted by Gasteiger charge is 2.16. The van der Waals surface area contributed by atoms with Gasteiger partial charge in [-0.05, 0) is 13.3 Å². The van der Waals surface area contributed by atoms with Crippen molar-refractivity contribution in [3.05, 3.63) is 0 Å². The number of halogens is 2. The molecule has 0 aliphatic heterocycles. The number of rotatable bonds is 3. The Hall–Kier alpha value is -0.390. The van der Waals surface area contributed by atoms with Crippen LogP contribution in [-0.2, 0) is 9.53 Å². The average molecular weight is 209 g/mol. The van der Waals surface area contributed by atoms with Crippen molar-refractivity contribution in [2.24, 2.45) is 0 Å². The van der Waals surface area contributed by atoms with E-state index in [2.05, 4.69) is 11.8 Å². The van der Waals surface area contributed by atoms with E-state index in [0.717, 1.165) is 0 Å². The van der Waals surface area contributed by atoms with Gasteiger partial charge in [0.1, 0.15) is 0 Å². The summed E-state index contributed by atoms with van der Waals surface area (Å²) in [6, 6.07) is 0. The van der Waals surface area contributed by atoms with Gasteiger partial charge in [0.25, 0.3) is 0 Å². The van der Waals surface area contributed by atoms with Gasteiger partial charge in [0.05, 0.1) is 0 Å². The van der Waals surface area contributed by atoms with E-state index in [1.54, 1.807) is 6.92 Å². The fourth-order valence-corrected chi connectivity index (χ4v) is 0.670. The third kappa shape index (κ3) is 4.48. The zero-order valence-corrected chi connectivity index (χ0v) is 8.45. The molecule has 0 aliphatic carbocycles. The third-order valence-electron chi connectivity index (χ3n) is 1.11. The molecule has 12 heavy (non-hydrogen) atoms. The van der Waals surface area contributed by atoms with Crippen molar-refractivity contribution in [1.82, 2.24) is 0 Å². The first-order chi connectivity index (χ1) is 5.61. The first kappa shape index (κ1) is 11.6. The molecule has 0 rings (SSSR count). The van der Waals surface area contributed by atoms with E-state index >= 15 is 0 Å². The molecule has 0 N–H and O–H groups in total. The highest BCUT2D eigenvalue weighted by atomic mass is 35.5. The average Bonchev–Trinajstić information content (AvgIpc) is 2.03. The summed E-state index contributed by atoms with van der Waals surface area (Å²) in [7, 11) is 0. The lowest BCUT2D eigenvalue weighted by atomic mass is 10.3. The SMILES string of the molecule is CC#CC(CC)OC(=O)C(Cl)Cl. The van der Waals surface area contributed by atoms with Gasteiger partial charge in [-0.15, -0.1) is 5.92 Å². The molecule has 0 aromatic carbocycles. The molecule has 0 spiro atoms. The van der Waals surface area contributed by atoms with Crippen LogP contribution in [0.25, 0.3) is 0 Å². The van der Waals surface area contributed by atoms with Crippen LogP contribution >= 0.6 is 23.2 Å². The van der Waals surface area contributed by atoms with Crippen molar-refractivity contribution >= 4 is 29.2 Å². The largest absolute Gasteiger partial charge is 0.447 e. The smallest absolute Gasteiger partial charge is 0.340 e. The van der Waals surface area contributed by atoms with Gasteiger partial charge in [-0.25, -0.2) is 4.79 Å². The molecule has 4 heteroatoms. The maximum absolute atomic E-state index is 10.8. The van der Waals surface area contributed by atoms with Gasteiger partial charge in [0.15, 0.2) is 6.10 Å². The van der Waals surface area contributed by atoms with Gasteiger partial charge in [0.2, 0.25) is 4.84 Å². The van der Waals surface area contributed by atoms with Crippen LogP contribution in [0.5, 0.6) is 0 Å². The zero-order chi connectivity index (χ0) is 9.56. The summed E-state index contributed by atoms with van der Waals surface area (Å²) in [6.45, 7) is 3.54. The topological polar surface area (TPSA) is 26.3 Å². The van der Waals surface area contributed by atoms with Crippen LogP contribution in [0.1, 0.15) is 20.3 Å². The number of hydrogen-bond donors (Lipinski definition) is 0. The maximum atomic E-state index is 10.8. The molecular formula is C8H10Cl2O2. The van der Waals surface area contributed by atoms with E-state index in [4.69, 9.17) is 27.9 Å². The lowest BCUT2D eigenvalue weighted by molar-refractivity contribution is -0.144. The quantitative estimate of drug-likeness (QED) is 0.404. The van der Waals surface area contributed by atoms with Gasteiger partial charge < -0.3 is 4.74 Å². The predicted octanol–water partition coefficient (Wildman–Crippen LogP) is 2.14. The number of hydrogen-bond acceptors (Lipinski definition) is 2. The lowest BCUT2D eigenvalue weighted by Gasteiger charge is -2.09. The minimum atomic E-state index is -1.13. The van der Waals surface area contributed by atoms with Gasteiger partial charge in [-0.2, -0.15) is 0 Å². The Morgan fingerprint density at radius 1 is 1.58 bits per heavy atom. The molecule has 1 atom stereocenters. The molecule has 0 saturated heterocycles. The second kappa shape index (κ2) is 6.16. The lowest BCUT2D eigenvalue weighted by Crippen LogP contribution is -2.20. The molecular weight excluding hydrogens is 199 g/mol. The number of esters is 1. The molecule has 0 aromatic heterocycles. The molecule has 2 nitrogen and oxygen atoms in total. The normalized spacial score (nSPS) is 11.8. The first-order valence-corrected chi connectivity index (χ1v) is 4.40. The fraction of sp³-hybridized carbons (Fsp3) is 0.625. The van der Waals surface area contributed by atoms with Crippen molar-refractivity contribution in [1.29, 1.82) is 0 Å². The highest BCUT2D eigenvalue weighted by Crippen LogP contribution is 2.07. The Labute approximate surface area is 82.2 Å². The molecule has 0 saturated carbocycles. The minimum absolute atomic E-state index is 0.400. The molecule has 0 radical (unpaired) electrons. The predicted molar refractivity (Wildman–Crippen MR) is 49.1 cm³/mol. The molecule has 0 heterocycles. The summed E-state index contributed by atoms with van der Waals surface area (Å²) >= 11 is 10.5. The monoisotopic (exact) mass is 208 g/mol. The van der Waals surface area contributed by atoms with Crippen LogP contribution in [0, 0.1) is 11.8 Å². The molecule has 0 amide bonds. The van der Waals surface area contributed by atoms with Crippen molar-refractivity contribution in [2.75, 3.05) is 0 Å². The van der Waals surface area contributed by atoms with E-state index in [1.165, 1.54) is 0 Å². The van der Waals surface area contributed by atoms with E-state index in [0.29, 0.717) is 6.42 Å². The van der Waals surface area contributed by atoms with Crippen molar-refractivity contribution in [2.45, 2.75) is 31.2 Å². The van der Waals surface area contributed by atoms with E-state index in [9.17, 15) is 4.79 Å². The van der Waals surface area contributed by atoms with Crippen molar-refractivity contribution in [3.63, 3.8) is 0 Å². The summed E-state index contributed by atoms with van der Waals surface area (Å²) in [5.74, 6) is 4.71. The zero-order valence-electron chi connectivity index (χ0n) is 6.93. The summed E-state index contributed by atoms with van der Waals surface area (Å²) in [5.41, 5.74) is 0. The Morgan fingerprint density at radius 3 is 2.50 bits per heavy atom. The summed E-state index contributed by atoms with van der Waals surface area (Å²) in [5, 5.41) is 0.